The van der Waals surface area contributed by atoms with Crippen LogP contribution in [0.2, 0.25) is 0 Å². The molecule has 2 aromatic heterocycles. The van der Waals surface area contributed by atoms with E-state index in [0.29, 0.717) is 0 Å². The lowest BCUT2D eigenvalue weighted by Gasteiger charge is -2.01. The highest BCUT2D eigenvalue weighted by molar-refractivity contribution is 7.73. The van der Waals surface area contributed by atoms with Crippen molar-refractivity contribution in [2.75, 3.05) is 0 Å². The molecule has 92 valence electrons. The first-order valence-corrected chi connectivity index (χ1v) is 6.91. The molecule has 0 aliphatic rings. The minimum atomic E-state index is 0.748. The summed E-state index contributed by atoms with van der Waals surface area (Å²) in [5.41, 5.74) is 3.74. The summed E-state index contributed by atoms with van der Waals surface area (Å²) in [7, 11) is 0. The molecule has 0 fully saturated rings. The van der Waals surface area contributed by atoms with Gasteiger partial charge in [-0.2, -0.15) is 10.2 Å². The zero-order valence-electron chi connectivity index (χ0n) is 10.3. The third-order valence-corrected chi connectivity index (χ3v) is 4.05. The number of hydrogen-bond acceptors (Lipinski definition) is 4. The van der Waals surface area contributed by atoms with Gasteiger partial charge in [0.2, 0.25) is 0 Å². The van der Waals surface area contributed by atoms with E-state index in [2.05, 4.69) is 40.7 Å². The molecule has 0 atom stereocenters. The van der Waals surface area contributed by atoms with Gasteiger partial charge in [-0.3, -0.25) is 9.78 Å². The Morgan fingerprint density at radius 3 is 2.65 bits per heavy atom. The third kappa shape index (κ3) is 2.63. The minimum Gasteiger partial charge on any atom is -0.270 e. The lowest BCUT2D eigenvalue weighted by atomic mass is 10.1. The molecule has 0 aliphatic carbocycles. The highest BCUT2D eigenvalue weighted by Crippen LogP contribution is 2.16. The molecule has 0 spiro atoms. The summed E-state index contributed by atoms with van der Waals surface area (Å²) >= 11 is 6.57. The fourth-order valence-corrected chi connectivity index (χ4v) is 2.94. The first kappa shape index (κ1) is 12.4. The lowest BCUT2D eigenvalue weighted by Crippen LogP contribution is -2.00. The molecule has 2 aromatic rings. The Morgan fingerprint density at radius 1 is 1.35 bits per heavy atom. The van der Waals surface area contributed by atoms with Crippen molar-refractivity contribution in [1.29, 1.82) is 0 Å². The fourth-order valence-electron chi connectivity index (χ4n) is 2.00. The van der Waals surface area contributed by atoms with Gasteiger partial charge in [0.05, 0.1) is 5.69 Å². The number of nitrogens with one attached hydrogen (secondary N) is 1. The molecule has 0 saturated carbocycles. The van der Waals surface area contributed by atoms with Crippen molar-refractivity contribution < 1.29 is 0 Å². The Bertz CT molecular complexity index is 564. The Hall–Kier alpha value is -1.01. The first-order chi connectivity index (χ1) is 8.11. The summed E-state index contributed by atoms with van der Waals surface area (Å²) < 4.78 is 2.80. The molecule has 0 bridgehead atoms. The Balaban J connectivity index is 2.13. The Morgan fingerprint density at radius 2 is 2.12 bits per heavy atom. The van der Waals surface area contributed by atoms with Crippen LogP contribution in [0.5, 0.6) is 0 Å². The molecule has 0 aromatic carbocycles. The number of aromatic amines is 1. The molecule has 17 heavy (non-hydrogen) atoms. The monoisotopic (exact) mass is 268 g/mol. The maximum Gasteiger partial charge on any atom is 0.176 e. The topological polar surface area (TPSA) is 46.5 Å². The van der Waals surface area contributed by atoms with E-state index in [1.807, 2.05) is 0 Å². The summed E-state index contributed by atoms with van der Waals surface area (Å²) in [4.78, 5) is 0. The second-order valence-electron chi connectivity index (χ2n) is 3.97. The largest absolute Gasteiger partial charge is 0.270 e. The van der Waals surface area contributed by atoms with Gasteiger partial charge in [-0.15, -0.1) is 0 Å². The number of aromatic nitrogens is 4. The predicted molar refractivity (Wildman–Crippen MR) is 72.1 cm³/mol. The minimum absolute atomic E-state index is 0.748. The van der Waals surface area contributed by atoms with Gasteiger partial charge in [-0.1, -0.05) is 11.3 Å². The van der Waals surface area contributed by atoms with Gasteiger partial charge in [0.1, 0.15) is 5.01 Å². The molecule has 4 nitrogen and oxygen atoms in total. The molecule has 1 N–H and O–H groups in total. The zero-order valence-corrected chi connectivity index (χ0v) is 11.9. The van der Waals surface area contributed by atoms with Crippen LogP contribution in [-0.4, -0.2) is 20.0 Å². The summed E-state index contributed by atoms with van der Waals surface area (Å²) in [6.07, 6.45) is 1.91. The van der Waals surface area contributed by atoms with E-state index in [1.165, 1.54) is 11.3 Å². The van der Waals surface area contributed by atoms with Crippen LogP contribution >= 0.6 is 23.6 Å². The first-order valence-electron chi connectivity index (χ1n) is 5.69. The number of rotatable bonds is 4. The van der Waals surface area contributed by atoms with Crippen LogP contribution in [0.15, 0.2) is 0 Å². The van der Waals surface area contributed by atoms with Crippen LogP contribution in [0.3, 0.4) is 0 Å². The van der Waals surface area contributed by atoms with Gasteiger partial charge >= 0.3 is 0 Å². The van der Waals surface area contributed by atoms with Crippen molar-refractivity contribution >= 4 is 23.6 Å². The molecule has 0 unspecified atom stereocenters. The number of H-pyrrole nitrogens is 1. The highest BCUT2D eigenvalue weighted by atomic mass is 32.1. The molecule has 0 amide bonds. The van der Waals surface area contributed by atoms with Crippen LogP contribution in [-0.2, 0) is 19.4 Å². The molecule has 2 heterocycles. The second-order valence-corrected chi connectivity index (χ2v) is 5.72. The summed E-state index contributed by atoms with van der Waals surface area (Å²) in [6.45, 7) is 7.24. The van der Waals surface area contributed by atoms with E-state index in [9.17, 15) is 0 Å². The van der Waals surface area contributed by atoms with Gasteiger partial charge < -0.3 is 0 Å². The Labute approximate surface area is 110 Å². The highest BCUT2D eigenvalue weighted by Gasteiger charge is 2.11. The maximum absolute atomic E-state index is 5.02. The average molecular weight is 268 g/mol. The van der Waals surface area contributed by atoms with Gasteiger partial charge in [-0.25, -0.2) is 0 Å². The SMILES string of the molecule is CCn1nc(C)c(CCc2n[nH]c(=S)s2)c1C. The summed E-state index contributed by atoms with van der Waals surface area (Å²) in [5, 5.41) is 12.6. The molecule has 0 aliphatic heterocycles. The van der Waals surface area contributed by atoms with Gasteiger partial charge in [0, 0.05) is 18.7 Å². The molecule has 0 radical (unpaired) electrons. The van der Waals surface area contributed by atoms with Crippen LogP contribution < -0.4 is 0 Å². The average Bonchev–Trinajstić information content (AvgIpc) is 2.82. The summed E-state index contributed by atoms with van der Waals surface area (Å²) in [5.74, 6) is 0. The van der Waals surface area contributed by atoms with Crippen molar-refractivity contribution in [1.82, 2.24) is 20.0 Å². The smallest absolute Gasteiger partial charge is 0.176 e. The summed E-state index contributed by atoms with van der Waals surface area (Å²) in [6, 6.07) is 0. The van der Waals surface area contributed by atoms with Crippen molar-refractivity contribution in [3.05, 3.63) is 25.9 Å². The van der Waals surface area contributed by atoms with Crippen LogP contribution in [0, 0.1) is 17.8 Å². The van der Waals surface area contributed by atoms with Crippen LogP contribution in [0.25, 0.3) is 0 Å². The number of hydrogen-bond donors (Lipinski definition) is 1. The van der Waals surface area contributed by atoms with Crippen LogP contribution in [0.4, 0.5) is 0 Å². The van der Waals surface area contributed by atoms with Crippen molar-refractivity contribution in [2.45, 2.75) is 40.2 Å². The van der Waals surface area contributed by atoms with Gasteiger partial charge in [0.15, 0.2) is 3.95 Å². The molecular formula is C11H16N4S2. The van der Waals surface area contributed by atoms with E-state index >= 15 is 0 Å². The van der Waals surface area contributed by atoms with E-state index in [-0.39, 0.29) is 0 Å². The lowest BCUT2D eigenvalue weighted by molar-refractivity contribution is 0.633. The van der Waals surface area contributed by atoms with E-state index in [4.69, 9.17) is 12.2 Å². The second kappa shape index (κ2) is 5.10. The third-order valence-electron chi connectivity index (χ3n) is 2.90. The fraction of sp³-hybridized carbons (Fsp3) is 0.545. The number of aryl methyl sites for hydroxylation is 3. The van der Waals surface area contributed by atoms with Gasteiger partial charge in [-0.05, 0) is 45.0 Å². The van der Waals surface area contributed by atoms with Gasteiger partial charge in [0.25, 0.3) is 0 Å². The predicted octanol–water partition coefficient (Wildman–Crippen LogP) is 2.82. The quantitative estimate of drug-likeness (QED) is 0.867. The maximum atomic E-state index is 5.02. The zero-order chi connectivity index (χ0) is 12.4. The standard InChI is InChI=1S/C11H16N4S2/c1-4-15-8(3)9(7(2)14-15)5-6-10-12-13-11(16)17-10/h4-6H2,1-3H3,(H,13,16). The molecular weight excluding hydrogens is 252 g/mol. The van der Waals surface area contributed by atoms with E-state index < -0.39 is 0 Å². The molecule has 6 heteroatoms. The molecule has 2 rings (SSSR count). The van der Waals surface area contributed by atoms with Crippen molar-refractivity contribution in [3.63, 3.8) is 0 Å². The van der Waals surface area contributed by atoms with Crippen molar-refractivity contribution in [2.24, 2.45) is 0 Å². The number of nitrogens with zero attached hydrogens (tertiary/aromatic N) is 3. The molecule has 0 saturated heterocycles. The van der Waals surface area contributed by atoms with E-state index in [1.54, 1.807) is 11.3 Å². The van der Waals surface area contributed by atoms with Crippen LogP contribution in [0.1, 0.15) is 28.9 Å². The van der Waals surface area contributed by atoms with Crippen molar-refractivity contribution in [3.8, 4) is 0 Å². The normalized spacial score (nSPS) is 11.0. The van der Waals surface area contributed by atoms with E-state index in [0.717, 1.165) is 34.0 Å². The Kier molecular flexibility index (Phi) is 3.73.